The number of amides is 1. The molecule has 5 heteroatoms. The van der Waals surface area contributed by atoms with Gasteiger partial charge in [0, 0.05) is 5.56 Å². The first-order chi connectivity index (χ1) is 12.1. The third-order valence-electron chi connectivity index (χ3n) is 4.74. The Kier molecular flexibility index (Phi) is 4.95. The maximum atomic E-state index is 12.4. The SMILES string of the molecule is COc1ccc(C(=O)NCC2(O)CCCc3cc(OC)ccc32)cc1. The fraction of sp³-hybridized carbons (Fsp3) is 0.350. The van der Waals surface area contributed by atoms with E-state index in [4.69, 9.17) is 9.47 Å². The summed E-state index contributed by atoms with van der Waals surface area (Å²) >= 11 is 0. The van der Waals surface area contributed by atoms with Gasteiger partial charge in [0.15, 0.2) is 0 Å². The van der Waals surface area contributed by atoms with Gasteiger partial charge in [0.1, 0.15) is 17.1 Å². The van der Waals surface area contributed by atoms with Crippen LogP contribution in [0, 0.1) is 0 Å². The lowest BCUT2D eigenvalue weighted by molar-refractivity contribution is 0.0189. The lowest BCUT2D eigenvalue weighted by Gasteiger charge is -2.35. The van der Waals surface area contributed by atoms with Gasteiger partial charge in [0.05, 0.1) is 20.8 Å². The number of aliphatic hydroxyl groups is 1. The van der Waals surface area contributed by atoms with Gasteiger partial charge in [-0.3, -0.25) is 4.79 Å². The summed E-state index contributed by atoms with van der Waals surface area (Å²) in [5.74, 6) is 1.27. The summed E-state index contributed by atoms with van der Waals surface area (Å²) in [6, 6.07) is 12.6. The van der Waals surface area contributed by atoms with Gasteiger partial charge >= 0.3 is 0 Å². The number of hydrogen-bond acceptors (Lipinski definition) is 4. The quantitative estimate of drug-likeness (QED) is 0.877. The fourth-order valence-electron chi connectivity index (χ4n) is 3.32. The molecule has 0 heterocycles. The molecule has 0 fully saturated rings. The van der Waals surface area contributed by atoms with Crippen molar-refractivity contribution < 1.29 is 19.4 Å². The molecule has 25 heavy (non-hydrogen) atoms. The zero-order chi connectivity index (χ0) is 17.9. The summed E-state index contributed by atoms with van der Waals surface area (Å²) in [5, 5.41) is 13.9. The van der Waals surface area contributed by atoms with Crippen molar-refractivity contribution in [2.75, 3.05) is 20.8 Å². The number of carbonyl (C=O) groups is 1. The molecule has 0 radical (unpaired) electrons. The Hall–Kier alpha value is -2.53. The topological polar surface area (TPSA) is 67.8 Å². The van der Waals surface area contributed by atoms with E-state index in [1.807, 2.05) is 18.2 Å². The average Bonchev–Trinajstić information content (AvgIpc) is 2.66. The Morgan fingerprint density at radius 2 is 1.80 bits per heavy atom. The van der Waals surface area contributed by atoms with Gasteiger partial charge in [-0.05, 0) is 66.8 Å². The first-order valence-electron chi connectivity index (χ1n) is 8.38. The Balaban J connectivity index is 1.73. The van der Waals surface area contributed by atoms with E-state index in [-0.39, 0.29) is 12.5 Å². The number of hydrogen-bond donors (Lipinski definition) is 2. The Morgan fingerprint density at radius 3 is 2.48 bits per heavy atom. The predicted octanol–water partition coefficient (Wildman–Crippen LogP) is 2.66. The van der Waals surface area contributed by atoms with Gasteiger partial charge in [0.25, 0.3) is 5.91 Å². The summed E-state index contributed by atoms with van der Waals surface area (Å²) in [6.45, 7) is 0.178. The van der Waals surface area contributed by atoms with E-state index in [0.29, 0.717) is 17.7 Å². The molecule has 2 N–H and O–H groups in total. The van der Waals surface area contributed by atoms with Crippen molar-refractivity contribution in [3.05, 3.63) is 59.2 Å². The molecule has 1 unspecified atom stereocenters. The number of carbonyl (C=O) groups excluding carboxylic acids is 1. The molecule has 0 aliphatic heterocycles. The standard InChI is InChI=1S/C20H23NO4/c1-24-16-7-5-14(6-8-16)19(22)21-13-20(23)11-3-4-15-12-17(25-2)9-10-18(15)20/h5-10,12,23H,3-4,11,13H2,1-2H3,(H,21,22). The number of fused-ring (bicyclic) bond motifs is 1. The summed E-state index contributed by atoms with van der Waals surface area (Å²) in [5.41, 5.74) is 1.43. The van der Waals surface area contributed by atoms with Crippen molar-refractivity contribution in [1.82, 2.24) is 5.32 Å². The zero-order valence-corrected chi connectivity index (χ0v) is 14.5. The minimum atomic E-state index is -1.05. The first-order valence-corrected chi connectivity index (χ1v) is 8.38. The van der Waals surface area contributed by atoms with Crippen LogP contribution in [0.2, 0.25) is 0 Å². The average molecular weight is 341 g/mol. The number of aryl methyl sites for hydroxylation is 1. The van der Waals surface area contributed by atoms with Crippen molar-refractivity contribution in [2.24, 2.45) is 0 Å². The summed E-state index contributed by atoms with van der Waals surface area (Å²) < 4.78 is 10.4. The highest BCUT2D eigenvalue weighted by Crippen LogP contribution is 2.36. The second-order valence-corrected chi connectivity index (χ2v) is 6.32. The largest absolute Gasteiger partial charge is 0.497 e. The summed E-state index contributed by atoms with van der Waals surface area (Å²) in [6.07, 6.45) is 2.39. The van der Waals surface area contributed by atoms with E-state index in [9.17, 15) is 9.90 Å². The highest BCUT2D eigenvalue weighted by molar-refractivity contribution is 5.94. The lowest BCUT2D eigenvalue weighted by Crippen LogP contribution is -2.43. The number of rotatable bonds is 5. The van der Waals surface area contributed by atoms with Gasteiger partial charge < -0.3 is 19.9 Å². The van der Waals surface area contributed by atoms with Gasteiger partial charge in [0.2, 0.25) is 0 Å². The highest BCUT2D eigenvalue weighted by Gasteiger charge is 2.34. The van der Waals surface area contributed by atoms with E-state index in [2.05, 4.69) is 5.32 Å². The first kappa shape index (κ1) is 17.3. The Labute approximate surface area is 147 Å². The van der Waals surface area contributed by atoms with Crippen molar-refractivity contribution in [1.29, 1.82) is 0 Å². The van der Waals surface area contributed by atoms with Crippen molar-refractivity contribution in [3.63, 3.8) is 0 Å². The Morgan fingerprint density at radius 1 is 1.12 bits per heavy atom. The molecule has 1 aliphatic carbocycles. The molecule has 5 nitrogen and oxygen atoms in total. The van der Waals surface area contributed by atoms with Crippen LogP contribution in [0.25, 0.3) is 0 Å². The molecule has 0 saturated carbocycles. The minimum absolute atomic E-state index is 0.178. The van der Waals surface area contributed by atoms with Gasteiger partial charge in [-0.15, -0.1) is 0 Å². The van der Waals surface area contributed by atoms with Crippen LogP contribution in [0.15, 0.2) is 42.5 Å². The van der Waals surface area contributed by atoms with Crippen LogP contribution in [-0.2, 0) is 12.0 Å². The molecule has 0 spiro atoms. The normalized spacial score (nSPS) is 19.0. The van der Waals surface area contributed by atoms with Crippen LogP contribution in [0.1, 0.15) is 34.3 Å². The van der Waals surface area contributed by atoms with Gasteiger partial charge in [-0.1, -0.05) is 6.07 Å². The van der Waals surface area contributed by atoms with E-state index in [0.717, 1.165) is 29.7 Å². The third-order valence-corrected chi connectivity index (χ3v) is 4.74. The van der Waals surface area contributed by atoms with E-state index in [1.54, 1.807) is 38.5 Å². The maximum absolute atomic E-state index is 12.4. The smallest absolute Gasteiger partial charge is 0.251 e. The number of ether oxygens (including phenoxy) is 2. The molecule has 1 aliphatic rings. The van der Waals surface area contributed by atoms with Crippen molar-refractivity contribution in [3.8, 4) is 11.5 Å². The molecule has 1 atom stereocenters. The maximum Gasteiger partial charge on any atom is 0.251 e. The third kappa shape index (κ3) is 3.61. The molecular formula is C20H23NO4. The summed E-state index contributed by atoms with van der Waals surface area (Å²) in [4.78, 5) is 12.4. The van der Waals surface area contributed by atoms with Crippen LogP contribution < -0.4 is 14.8 Å². The van der Waals surface area contributed by atoms with Gasteiger partial charge in [-0.25, -0.2) is 0 Å². The molecule has 132 valence electrons. The van der Waals surface area contributed by atoms with Crippen LogP contribution >= 0.6 is 0 Å². The molecule has 0 bridgehead atoms. The van der Waals surface area contributed by atoms with Crippen LogP contribution in [0.3, 0.4) is 0 Å². The van der Waals surface area contributed by atoms with E-state index in [1.165, 1.54) is 0 Å². The van der Waals surface area contributed by atoms with Crippen LogP contribution in [-0.4, -0.2) is 31.8 Å². The van der Waals surface area contributed by atoms with Crippen LogP contribution in [0.5, 0.6) is 11.5 Å². The van der Waals surface area contributed by atoms with E-state index >= 15 is 0 Å². The Bertz CT molecular complexity index is 757. The lowest BCUT2D eigenvalue weighted by atomic mass is 9.79. The molecule has 0 aromatic heterocycles. The highest BCUT2D eigenvalue weighted by atomic mass is 16.5. The minimum Gasteiger partial charge on any atom is -0.497 e. The second-order valence-electron chi connectivity index (χ2n) is 6.32. The molecule has 1 amide bonds. The second kappa shape index (κ2) is 7.15. The van der Waals surface area contributed by atoms with Crippen LogP contribution in [0.4, 0.5) is 0 Å². The number of nitrogens with one attached hydrogen (secondary N) is 1. The number of methoxy groups -OCH3 is 2. The fourth-order valence-corrected chi connectivity index (χ4v) is 3.32. The number of benzene rings is 2. The van der Waals surface area contributed by atoms with Crippen molar-refractivity contribution >= 4 is 5.91 Å². The predicted molar refractivity (Wildman–Crippen MR) is 95.2 cm³/mol. The molecular weight excluding hydrogens is 318 g/mol. The summed E-state index contributed by atoms with van der Waals surface area (Å²) in [7, 11) is 3.21. The molecule has 0 saturated heterocycles. The zero-order valence-electron chi connectivity index (χ0n) is 14.5. The van der Waals surface area contributed by atoms with Crippen molar-refractivity contribution in [2.45, 2.75) is 24.9 Å². The molecule has 2 aromatic rings. The van der Waals surface area contributed by atoms with E-state index < -0.39 is 5.60 Å². The van der Waals surface area contributed by atoms with Gasteiger partial charge in [-0.2, -0.15) is 0 Å². The monoisotopic (exact) mass is 341 g/mol. The molecule has 3 rings (SSSR count). The molecule has 2 aromatic carbocycles.